The predicted octanol–water partition coefficient (Wildman–Crippen LogP) is 1.27. The Morgan fingerprint density at radius 3 is 2.47 bits per heavy atom. The highest BCUT2D eigenvalue weighted by Gasteiger charge is 2.62. The molecule has 2 saturated carbocycles. The standard InChI is InChI=1S/C10H16O4S/c1-9(2)7-3-4-10(5-7,8(9)11)6-15(12,13)14/h7H,3-6H2,1-2H3,(H,12,13,14). The molecule has 2 aliphatic rings. The molecule has 0 saturated heterocycles. The number of hydrogen-bond acceptors (Lipinski definition) is 3. The summed E-state index contributed by atoms with van der Waals surface area (Å²) >= 11 is 0. The van der Waals surface area contributed by atoms with E-state index in [0.717, 1.165) is 6.42 Å². The Morgan fingerprint density at radius 2 is 2.07 bits per heavy atom. The smallest absolute Gasteiger partial charge is 0.265 e. The van der Waals surface area contributed by atoms with Gasteiger partial charge in [0.15, 0.2) is 0 Å². The van der Waals surface area contributed by atoms with Crippen molar-refractivity contribution in [2.24, 2.45) is 16.7 Å². The molecule has 0 aromatic heterocycles. The second-order valence-corrected chi connectivity index (χ2v) is 6.95. The third kappa shape index (κ3) is 1.52. The molecule has 0 radical (unpaired) electrons. The van der Waals surface area contributed by atoms with Crippen LogP contribution in [0.25, 0.3) is 0 Å². The SMILES string of the molecule is CC1(C)C(=O)C2(CS(=O)(=O)O)CCC1C2. The topological polar surface area (TPSA) is 71.4 Å². The Hall–Kier alpha value is -0.420. The minimum Gasteiger partial charge on any atom is -0.298 e. The number of ketones is 1. The maximum Gasteiger partial charge on any atom is 0.265 e. The average molecular weight is 232 g/mol. The minimum absolute atomic E-state index is 0.0175. The Bertz CT molecular complexity index is 409. The fourth-order valence-corrected chi connectivity index (χ4v) is 4.45. The van der Waals surface area contributed by atoms with E-state index in [1.807, 2.05) is 13.8 Å². The van der Waals surface area contributed by atoms with E-state index in [1.165, 1.54) is 0 Å². The van der Waals surface area contributed by atoms with E-state index < -0.39 is 26.7 Å². The van der Waals surface area contributed by atoms with Gasteiger partial charge in [-0.3, -0.25) is 9.35 Å². The molecule has 4 nitrogen and oxygen atoms in total. The fraction of sp³-hybridized carbons (Fsp3) is 0.900. The lowest BCUT2D eigenvalue weighted by molar-refractivity contribution is -0.134. The predicted molar refractivity (Wildman–Crippen MR) is 55.0 cm³/mol. The summed E-state index contributed by atoms with van der Waals surface area (Å²) in [5.74, 6) is -0.0886. The van der Waals surface area contributed by atoms with E-state index in [-0.39, 0.29) is 11.7 Å². The summed E-state index contributed by atoms with van der Waals surface area (Å²) in [7, 11) is -4.06. The lowest BCUT2D eigenvalue weighted by Crippen LogP contribution is -2.40. The molecule has 2 atom stereocenters. The van der Waals surface area contributed by atoms with Crippen LogP contribution in [0.4, 0.5) is 0 Å². The molecule has 0 aliphatic heterocycles. The summed E-state index contributed by atoms with van der Waals surface area (Å²) in [5.41, 5.74) is -1.20. The zero-order valence-electron chi connectivity index (χ0n) is 8.99. The monoisotopic (exact) mass is 232 g/mol. The number of Topliss-reactive ketones (excluding diaryl/α,β-unsaturated/α-hetero) is 1. The van der Waals surface area contributed by atoms with Crippen LogP contribution in [0.15, 0.2) is 0 Å². The van der Waals surface area contributed by atoms with Crippen LogP contribution in [-0.2, 0) is 14.9 Å². The van der Waals surface area contributed by atoms with Crippen molar-refractivity contribution in [2.45, 2.75) is 33.1 Å². The van der Waals surface area contributed by atoms with Crippen molar-refractivity contribution in [1.82, 2.24) is 0 Å². The van der Waals surface area contributed by atoms with Gasteiger partial charge in [0.05, 0.1) is 5.75 Å². The van der Waals surface area contributed by atoms with E-state index in [1.54, 1.807) is 0 Å². The molecule has 0 aromatic rings. The minimum atomic E-state index is -4.06. The first-order valence-corrected chi connectivity index (χ1v) is 6.78. The molecule has 2 fully saturated rings. The number of carbonyl (C=O) groups is 1. The lowest BCUT2D eigenvalue weighted by atomic mass is 9.71. The largest absolute Gasteiger partial charge is 0.298 e. The van der Waals surface area contributed by atoms with E-state index in [9.17, 15) is 13.2 Å². The molecule has 15 heavy (non-hydrogen) atoms. The lowest BCUT2D eigenvalue weighted by Gasteiger charge is -2.32. The van der Waals surface area contributed by atoms with Gasteiger partial charge in [-0.05, 0) is 25.2 Å². The second kappa shape index (κ2) is 2.83. The van der Waals surface area contributed by atoms with E-state index >= 15 is 0 Å². The molecular weight excluding hydrogens is 216 g/mol. The molecule has 1 N–H and O–H groups in total. The highest BCUT2D eigenvalue weighted by Crippen LogP contribution is 2.60. The number of fused-ring (bicyclic) bond motifs is 2. The highest BCUT2D eigenvalue weighted by atomic mass is 32.2. The van der Waals surface area contributed by atoms with Crippen LogP contribution in [0, 0.1) is 16.7 Å². The van der Waals surface area contributed by atoms with Crippen LogP contribution >= 0.6 is 0 Å². The molecule has 0 heterocycles. The van der Waals surface area contributed by atoms with Gasteiger partial charge in [-0.15, -0.1) is 0 Å². The molecule has 0 amide bonds. The van der Waals surface area contributed by atoms with Crippen molar-refractivity contribution in [3.05, 3.63) is 0 Å². The number of rotatable bonds is 2. The normalized spacial score (nSPS) is 38.6. The van der Waals surface area contributed by atoms with Crippen LogP contribution in [0.1, 0.15) is 33.1 Å². The summed E-state index contributed by atoms with van der Waals surface area (Å²) in [6, 6.07) is 0. The molecule has 86 valence electrons. The summed E-state index contributed by atoms with van der Waals surface area (Å²) in [6.07, 6.45) is 2.13. The number of carbonyl (C=O) groups excluding carboxylic acids is 1. The van der Waals surface area contributed by atoms with Crippen LogP contribution in [0.2, 0.25) is 0 Å². The van der Waals surface area contributed by atoms with Gasteiger partial charge in [0, 0.05) is 10.8 Å². The van der Waals surface area contributed by atoms with Crippen molar-refractivity contribution in [1.29, 1.82) is 0 Å². The summed E-state index contributed by atoms with van der Waals surface area (Å²) < 4.78 is 30.8. The Morgan fingerprint density at radius 1 is 1.47 bits per heavy atom. The first kappa shape index (κ1) is 11.1. The third-order valence-electron chi connectivity index (χ3n) is 4.15. The molecule has 5 heteroatoms. The van der Waals surface area contributed by atoms with Crippen molar-refractivity contribution in [3.63, 3.8) is 0 Å². The van der Waals surface area contributed by atoms with Crippen molar-refractivity contribution in [3.8, 4) is 0 Å². The van der Waals surface area contributed by atoms with Gasteiger partial charge in [0.2, 0.25) is 0 Å². The molecule has 2 rings (SSSR count). The molecule has 2 aliphatic carbocycles. The zero-order chi connectivity index (χ0) is 11.5. The van der Waals surface area contributed by atoms with Gasteiger partial charge in [-0.1, -0.05) is 13.8 Å². The summed E-state index contributed by atoms with van der Waals surface area (Å²) in [6.45, 7) is 3.76. The van der Waals surface area contributed by atoms with E-state index in [0.29, 0.717) is 12.8 Å². The Balaban J connectivity index is 2.36. The van der Waals surface area contributed by atoms with Crippen LogP contribution in [0.5, 0.6) is 0 Å². The number of hydrogen-bond donors (Lipinski definition) is 1. The van der Waals surface area contributed by atoms with Gasteiger partial charge >= 0.3 is 0 Å². The van der Waals surface area contributed by atoms with Crippen molar-refractivity contribution in [2.75, 3.05) is 5.75 Å². The molecule has 0 aromatic carbocycles. The van der Waals surface area contributed by atoms with Crippen LogP contribution in [0.3, 0.4) is 0 Å². The second-order valence-electron chi connectivity index (χ2n) is 5.50. The van der Waals surface area contributed by atoms with Crippen LogP contribution < -0.4 is 0 Å². The van der Waals surface area contributed by atoms with Gasteiger partial charge in [-0.2, -0.15) is 8.42 Å². The quantitative estimate of drug-likeness (QED) is 0.728. The first-order valence-electron chi connectivity index (χ1n) is 5.17. The average Bonchev–Trinajstić information content (AvgIpc) is 2.50. The first-order chi connectivity index (χ1) is 6.67. The molecule has 2 unspecified atom stereocenters. The third-order valence-corrected chi connectivity index (χ3v) is 5.07. The van der Waals surface area contributed by atoms with Crippen LogP contribution in [-0.4, -0.2) is 24.5 Å². The summed E-state index contributed by atoms with van der Waals surface area (Å²) in [4.78, 5) is 12.1. The van der Waals surface area contributed by atoms with E-state index in [2.05, 4.69) is 0 Å². The molecule has 2 bridgehead atoms. The van der Waals surface area contributed by atoms with Gasteiger partial charge in [0.25, 0.3) is 10.1 Å². The maximum atomic E-state index is 12.1. The maximum absolute atomic E-state index is 12.1. The fourth-order valence-electron chi connectivity index (χ4n) is 3.36. The highest BCUT2D eigenvalue weighted by molar-refractivity contribution is 7.85. The Kier molecular flexibility index (Phi) is 2.09. The van der Waals surface area contributed by atoms with E-state index in [4.69, 9.17) is 4.55 Å². The van der Waals surface area contributed by atoms with Gasteiger partial charge in [-0.25, -0.2) is 0 Å². The van der Waals surface area contributed by atoms with Crippen molar-refractivity contribution < 1.29 is 17.8 Å². The molecular formula is C10H16O4S. The van der Waals surface area contributed by atoms with Crippen molar-refractivity contribution >= 4 is 15.9 Å². The zero-order valence-corrected chi connectivity index (χ0v) is 9.80. The Labute approximate surface area is 89.8 Å². The summed E-state index contributed by atoms with van der Waals surface area (Å²) in [5, 5.41) is 0. The molecule has 0 spiro atoms. The van der Waals surface area contributed by atoms with Gasteiger partial charge < -0.3 is 0 Å². The van der Waals surface area contributed by atoms with Gasteiger partial charge in [0.1, 0.15) is 5.78 Å².